The van der Waals surface area contributed by atoms with E-state index in [4.69, 9.17) is 4.74 Å². The summed E-state index contributed by atoms with van der Waals surface area (Å²) in [5, 5.41) is 13.3. The molecule has 0 aliphatic carbocycles. The van der Waals surface area contributed by atoms with Crippen LogP contribution in [0.3, 0.4) is 0 Å². The van der Waals surface area contributed by atoms with E-state index >= 15 is 0 Å². The predicted octanol–water partition coefficient (Wildman–Crippen LogP) is 2.03. The van der Waals surface area contributed by atoms with Gasteiger partial charge in [-0.25, -0.2) is 0 Å². The predicted molar refractivity (Wildman–Crippen MR) is 103 cm³/mol. The Morgan fingerprint density at radius 2 is 2.07 bits per heavy atom. The zero-order valence-corrected chi connectivity index (χ0v) is 15.6. The fourth-order valence-corrected chi connectivity index (χ4v) is 2.94. The lowest BCUT2D eigenvalue weighted by Gasteiger charge is -2.22. The van der Waals surface area contributed by atoms with Crippen LogP contribution in [0.2, 0.25) is 0 Å². The summed E-state index contributed by atoms with van der Waals surface area (Å²) in [7, 11) is 1.48. The molecule has 1 fully saturated rings. The molecular formula is C19H25N5O3. The van der Waals surface area contributed by atoms with E-state index in [1.165, 1.54) is 7.11 Å². The number of benzene rings is 1. The largest absolute Gasteiger partial charge is 0.372 e. The lowest BCUT2D eigenvalue weighted by atomic mass is 10.1. The maximum absolute atomic E-state index is 12.5. The first-order valence-corrected chi connectivity index (χ1v) is 9.08. The highest BCUT2D eigenvalue weighted by molar-refractivity contribution is 6.03. The van der Waals surface area contributed by atoms with Gasteiger partial charge in [-0.15, -0.1) is 0 Å². The number of ether oxygens (including phenoxy) is 1. The number of amides is 2. The quantitative estimate of drug-likeness (QED) is 0.722. The molecule has 1 saturated heterocycles. The van der Waals surface area contributed by atoms with Gasteiger partial charge in [-0.3, -0.25) is 14.3 Å². The van der Waals surface area contributed by atoms with Gasteiger partial charge >= 0.3 is 0 Å². The summed E-state index contributed by atoms with van der Waals surface area (Å²) in [6, 6.07) is 8.96. The smallest absolute Gasteiger partial charge is 0.276 e. The molecule has 2 heterocycles. The van der Waals surface area contributed by atoms with Crippen LogP contribution in [0.15, 0.2) is 36.5 Å². The molecule has 27 heavy (non-hydrogen) atoms. The summed E-state index contributed by atoms with van der Waals surface area (Å²) in [4.78, 5) is 24.4. The second kappa shape index (κ2) is 8.79. The fourth-order valence-electron chi connectivity index (χ4n) is 2.94. The van der Waals surface area contributed by atoms with Crippen molar-refractivity contribution >= 4 is 23.2 Å². The maximum Gasteiger partial charge on any atom is 0.276 e. The minimum absolute atomic E-state index is 0.249. The van der Waals surface area contributed by atoms with E-state index in [0.29, 0.717) is 17.1 Å². The first kappa shape index (κ1) is 19.1. The van der Waals surface area contributed by atoms with Crippen molar-refractivity contribution in [2.75, 3.05) is 30.8 Å². The van der Waals surface area contributed by atoms with Gasteiger partial charge in [0.25, 0.3) is 11.8 Å². The molecule has 1 aromatic heterocycles. The minimum atomic E-state index is -0.554. The molecule has 1 aromatic carbocycles. The van der Waals surface area contributed by atoms with E-state index in [0.717, 1.165) is 25.9 Å². The summed E-state index contributed by atoms with van der Waals surface area (Å²) in [5.41, 5.74) is 1.53. The van der Waals surface area contributed by atoms with E-state index < -0.39 is 6.10 Å². The third-order valence-electron chi connectivity index (χ3n) is 4.60. The number of nitrogens with one attached hydrogen (secondary N) is 3. The zero-order valence-electron chi connectivity index (χ0n) is 15.6. The first-order valence-electron chi connectivity index (χ1n) is 9.08. The van der Waals surface area contributed by atoms with Crippen molar-refractivity contribution in [3.05, 3.63) is 42.2 Å². The van der Waals surface area contributed by atoms with Gasteiger partial charge in [0.05, 0.1) is 6.04 Å². The number of piperidine rings is 1. The van der Waals surface area contributed by atoms with E-state index in [1.54, 1.807) is 37.3 Å². The number of carbonyl (C=O) groups excluding carboxylic acids is 2. The normalized spacial score (nSPS) is 17.9. The van der Waals surface area contributed by atoms with Gasteiger partial charge in [-0.2, -0.15) is 5.10 Å². The molecule has 0 bridgehead atoms. The standard InChI is InChI=1S/C19H25N5O3/c1-13(27-2)18(25)21-14-5-3-6-15(11-14)22-19(26)17-8-10-24(23-17)16-7-4-9-20-12-16/h3,5-6,8,10-11,13,16,20H,4,7,9,12H2,1-2H3,(H,21,25)(H,22,26). The Morgan fingerprint density at radius 1 is 1.30 bits per heavy atom. The average Bonchev–Trinajstić information content (AvgIpc) is 3.18. The summed E-state index contributed by atoms with van der Waals surface area (Å²) in [6.07, 6.45) is 3.44. The molecule has 3 rings (SSSR count). The van der Waals surface area contributed by atoms with Crippen LogP contribution in [0.4, 0.5) is 11.4 Å². The first-order chi connectivity index (χ1) is 13.1. The van der Waals surface area contributed by atoms with Crippen molar-refractivity contribution in [2.45, 2.75) is 31.9 Å². The Morgan fingerprint density at radius 3 is 2.78 bits per heavy atom. The number of nitrogens with zero attached hydrogens (tertiary/aromatic N) is 2. The molecule has 1 aliphatic heterocycles. The van der Waals surface area contributed by atoms with E-state index in [-0.39, 0.29) is 17.9 Å². The number of hydrogen-bond acceptors (Lipinski definition) is 5. The summed E-state index contributed by atoms with van der Waals surface area (Å²) in [5.74, 6) is -0.535. The number of rotatable bonds is 6. The van der Waals surface area contributed by atoms with Gasteiger partial charge in [-0.05, 0) is 50.6 Å². The molecule has 8 heteroatoms. The molecule has 2 atom stereocenters. The van der Waals surface area contributed by atoms with E-state index in [2.05, 4.69) is 21.0 Å². The Labute approximate surface area is 158 Å². The topological polar surface area (TPSA) is 97.3 Å². The molecule has 0 spiro atoms. The van der Waals surface area contributed by atoms with Gasteiger partial charge in [0.15, 0.2) is 5.69 Å². The Kier molecular flexibility index (Phi) is 6.20. The molecule has 2 aromatic rings. The Bertz CT molecular complexity index is 798. The summed E-state index contributed by atoms with van der Waals surface area (Å²) in [6.45, 7) is 3.56. The lowest BCUT2D eigenvalue weighted by Crippen LogP contribution is -2.32. The average molecular weight is 371 g/mol. The maximum atomic E-state index is 12.5. The highest BCUT2D eigenvalue weighted by Gasteiger charge is 2.18. The van der Waals surface area contributed by atoms with Gasteiger partial charge in [0, 0.05) is 31.2 Å². The molecule has 0 saturated carbocycles. The third kappa shape index (κ3) is 4.93. The molecule has 8 nitrogen and oxygen atoms in total. The fraction of sp³-hybridized carbons (Fsp3) is 0.421. The molecule has 2 unspecified atom stereocenters. The van der Waals surface area contributed by atoms with E-state index in [9.17, 15) is 9.59 Å². The van der Waals surface area contributed by atoms with Crippen LogP contribution in [0, 0.1) is 0 Å². The second-order valence-electron chi connectivity index (χ2n) is 6.58. The second-order valence-corrected chi connectivity index (χ2v) is 6.58. The molecular weight excluding hydrogens is 346 g/mol. The molecule has 144 valence electrons. The number of carbonyl (C=O) groups is 2. The minimum Gasteiger partial charge on any atom is -0.372 e. The van der Waals surface area contributed by atoms with E-state index in [1.807, 2.05) is 10.9 Å². The number of methoxy groups -OCH3 is 1. The van der Waals surface area contributed by atoms with Crippen LogP contribution < -0.4 is 16.0 Å². The van der Waals surface area contributed by atoms with Crippen molar-refractivity contribution < 1.29 is 14.3 Å². The third-order valence-corrected chi connectivity index (χ3v) is 4.60. The highest BCUT2D eigenvalue weighted by atomic mass is 16.5. The zero-order chi connectivity index (χ0) is 19.2. The number of hydrogen-bond donors (Lipinski definition) is 3. The van der Waals surface area contributed by atoms with Crippen molar-refractivity contribution in [3.8, 4) is 0 Å². The van der Waals surface area contributed by atoms with Crippen LogP contribution in [0.25, 0.3) is 0 Å². The Hall–Kier alpha value is -2.71. The van der Waals surface area contributed by atoms with Crippen LogP contribution in [-0.2, 0) is 9.53 Å². The van der Waals surface area contributed by atoms with Gasteiger partial charge < -0.3 is 20.7 Å². The van der Waals surface area contributed by atoms with Crippen LogP contribution in [-0.4, -0.2) is 47.9 Å². The molecule has 2 amide bonds. The number of anilines is 2. The van der Waals surface area contributed by atoms with Gasteiger partial charge in [-0.1, -0.05) is 6.07 Å². The SMILES string of the molecule is COC(C)C(=O)Nc1cccc(NC(=O)c2ccn(C3CCCNC3)n2)c1. The van der Waals surface area contributed by atoms with Crippen LogP contribution in [0.1, 0.15) is 36.3 Å². The molecule has 3 N–H and O–H groups in total. The van der Waals surface area contributed by atoms with Gasteiger partial charge in [0.2, 0.25) is 0 Å². The lowest BCUT2D eigenvalue weighted by molar-refractivity contribution is -0.124. The highest BCUT2D eigenvalue weighted by Crippen LogP contribution is 2.18. The van der Waals surface area contributed by atoms with Crippen molar-refractivity contribution in [3.63, 3.8) is 0 Å². The van der Waals surface area contributed by atoms with Gasteiger partial charge in [0.1, 0.15) is 6.10 Å². The van der Waals surface area contributed by atoms with Crippen molar-refractivity contribution in [1.82, 2.24) is 15.1 Å². The number of aromatic nitrogens is 2. The summed E-state index contributed by atoms with van der Waals surface area (Å²) < 4.78 is 6.84. The van der Waals surface area contributed by atoms with Crippen molar-refractivity contribution in [1.29, 1.82) is 0 Å². The van der Waals surface area contributed by atoms with Crippen LogP contribution >= 0.6 is 0 Å². The Balaban J connectivity index is 1.63. The monoisotopic (exact) mass is 371 g/mol. The molecule has 0 radical (unpaired) electrons. The summed E-state index contributed by atoms with van der Waals surface area (Å²) >= 11 is 0. The van der Waals surface area contributed by atoms with Crippen LogP contribution in [0.5, 0.6) is 0 Å². The molecule has 1 aliphatic rings. The van der Waals surface area contributed by atoms with Crippen molar-refractivity contribution in [2.24, 2.45) is 0 Å².